The zero-order valence-corrected chi connectivity index (χ0v) is 10.3. The van der Waals surface area contributed by atoms with Crippen LogP contribution in [0.3, 0.4) is 0 Å². The van der Waals surface area contributed by atoms with E-state index < -0.39 is 6.10 Å². The smallest absolute Gasteiger partial charge is 0.222 e. The highest BCUT2D eigenvalue weighted by molar-refractivity contribution is 5.75. The Morgan fingerprint density at radius 3 is 2.65 bits per heavy atom. The summed E-state index contributed by atoms with van der Waals surface area (Å²) < 4.78 is 0. The number of carbonyl (C=O) groups excluding carboxylic acids is 1. The quantitative estimate of drug-likeness (QED) is 0.816. The minimum atomic E-state index is -0.461. The number of phenols is 1. The summed E-state index contributed by atoms with van der Waals surface area (Å²) in [6, 6.07) is 6.95. The van der Waals surface area contributed by atoms with Crippen molar-refractivity contribution in [3.63, 3.8) is 0 Å². The minimum absolute atomic E-state index is 0.0332. The molecule has 94 valence electrons. The highest BCUT2D eigenvalue weighted by atomic mass is 16.3. The Bertz CT molecular complexity index is 377. The summed E-state index contributed by atoms with van der Waals surface area (Å²) in [6.07, 6.45) is 0.323. The predicted octanol–water partition coefficient (Wildman–Crippen LogP) is 1.51. The van der Waals surface area contributed by atoms with E-state index in [2.05, 4.69) is 0 Å². The average Bonchev–Trinajstić information content (AvgIpc) is 2.28. The molecule has 4 heteroatoms. The number of hydrogen-bond acceptors (Lipinski definition) is 3. The zero-order chi connectivity index (χ0) is 12.8. The van der Waals surface area contributed by atoms with Crippen molar-refractivity contribution in [2.75, 3.05) is 7.05 Å². The van der Waals surface area contributed by atoms with E-state index in [4.69, 9.17) is 5.11 Å². The van der Waals surface area contributed by atoms with Gasteiger partial charge in [0.1, 0.15) is 5.75 Å². The molecule has 1 rings (SSSR count). The van der Waals surface area contributed by atoms with Crippen LogP contribution in [0.1, 0.15) is 25.3 Å². The van der Waals surface area contributed by atoms with E-state index in [0.29, 0.717) is 19.4 Å². The Labute approximate surface area is 101 Å². The summed E-state index contributed by atoms with van der Waals surface area (Å²) in [5, 5.41) is 18.7. The number of hydrogen-bond donors (Lipinski definition) is 2. The van der Waals surface area contributed by atoms with E-state index in [-0.39, 0.29) is 11.7 Å². The summed E-state index contributed by atoms with van der Waals surface area (Å²) in [5.74, 6) is 0.164. The number of benzene rings is 1. The molecular formula is C13H19NO3. The van der Waals surface area contributed by atoms with Crippen molar-refractivity contribution in [2.45, 2.75) is 32.4 Å². The van der Waals surface area contributed by atoms with Gasteiger partial charge in [0, 0.05) is 25.6 Å². The second-order valence-corrected chi connectivity index (χ2v) is 4.27. The number of para-hydroxylation sites is 1. The first-order valence-corrected chi connectivity index (χ1v) is 5.69. The molecule has 0 aliphatic heterocycles. The SMILES string of the molecule is CC(O)CCC(=O)N(C)Cc1ccccc1O. The van der Waals surface area contributed by atoms with Crippen LogP contribution in [0.15, 0.2) is 24.3 Å². The number of aromatic hydroxyl groups is 1. The fourth-order valence-electron chi connectivity index (χ4n) is 1.51. The summed E-state index contributed by atoms with van der Waals surface area (Å²) in [5.41, 5.74) is 0.723. The molecule has 0 saturated heterocycles. The summed E-state index contributed by atoms with van der Waals surface area (Å²) >= 11 is 0. The van der Waals surface area contributed by atoms with Gasteiger partial charge in [-0.1, -0.05) is 18.2 Å². The lowest BCUT2D eigenvalue weighted by Crippen LogP contribution is -2.26. The van der Waals surface area contributed by atoms with Crippen molar-refractivity contribution in [3.05, 3.63) is 29.8 Å². The van der Waals surface area contributed by atoms with Crippen LogP contribution in [0.25, 0.3) is 0 Å². The average molecular weight is 237 g/mol. The standard InChI is InChI=1S/C13H19NO3/c1-10(15)7-8-13(17)14(2)9-11-5-3-4-6-12(11)16/h3-6,10,15-16H,7-9H2,1-2H3. The monoisotopic (exact) mass is 237 g/mol. The maximum Gasteiger partial charge on any atom is 0.222 e. The molecule has 0 heterocycles. The molecule has 1 aromatic rings. The second-order valence-electron chi connectivity index (χ2n) is 4.27. The van der Waals surface area contributed by atoms with Crippen molar-refractivity contribution in [1.82, 2.24) is 4.90 Å². The maximum atomic E-state index is 11.7. The number of rotatable bonds is 5. The summed E-state index contributed by atoms with van der Waals surface area (Å²) in [4.78, 5) is 13.2. The molecule has 17 heavy (non-hydrogen) atoms. The molecule has 0 spiro atoms. The lowest BCUT2D eigenvalue weighted by atomic mass is 10.1. The van der Waals surface area contributed by atoms with Crippen LogP contribution in [0.4, 0.5) is 0 Å². The molecule has 0 aliphatic carbocycles. The van der Waals surface area contributed by atoms with Gasteiger partial charge in [-0.25, -0.2) is 0 Å². The van der Waals surface area contributed by atoms with Gasteiger partial charge in [-0.2, -0.15) is 0 Å². The molecule has 0 fully saturated rings. The molecule has 1 unspecified atom stereocenters. The van der Waals surface area contributed by atoms with Crippen molar-refractivity contribution in [3.8, 4) is 5.75 Å². The van der Waals surface area contributed by atoms with Crippen molar-refractivity contribution >= 4 is 5.91 Å². The molecule has 4 nitrogen and oxygen atoms in total. The lowest BCUT2D eigenvalue weighted by Gasteiger charge is -2.18. The topological polar surface area (TPSA) is 60.8 Å². The van der Waals surface area contributed by atoms with Gasteiger partial charge in [-0.3, -0.25) is 4.79 Å². The van der Waals surface area contributed by atoms with E-state index in [0.717, 1.165) is 5.56 Å². The normalized spacial score (nSPS) is 12.2. The third kappa shape index (κ3) is 4.44. The molecule has 0 bridgehead atoms. The number of phenolic OH excluding ortho intramolecular Hbond substituents is 1. The van der Waals surface area contributed by atoms with Gasteiger partial charge in [0.2, 0.25) is 5.91 Å². The number of aliphatic hydroxyl groups excluding tert-OH is 1. The first-order valence-electron chi connectivity index (χ1n) is 5.69. The molecule has 1 amide bonds. The van der Waals surface area contributed by atoms with Gasteiger partial charge in [-0.15, -0.1) is 0 Å². The van der Waals surface area contributed by atoms with Crippen molar-refractivity contribution < 1.29 is 15.0 Å². The van der Waals surface area contributed by atoms with Crippen LogP contribution < -0.4 is 0 Å². The largest absolute Gasteiger partial charge is 0.508 e. The first-order chi connectivity index (χ1) is 8.00. The van der Waals surface area contributed by atoms with Crippen LogP contribution in [-0.4, -0.2) is 34.2 Å². The summed E-state index contributed by atoms with van der Waals surface area (Å²) in [7, 11) is 1.69. The van der Waals surface area contributed by atoms with Crippen LogP contribution in [0, 0.1) is 0 Å². The third-order valence-corrected chi connectivity index (χ3v) is 2.60. The number of aliphatic hydroxyl groups is 1. The maximum absolute atomic E-state index is 11.7. The third-order valence-electron chi connectivity index (χ3n) is 2.60. The van der Waals surface area contributed by atoms with E-state index in [9.17, 15) is 9.90 Å². The summed E-state index contributed by atoms with van der Waals surface area (Å²) in [6.45, 7) is 2.04. The number of nitrogens with zero attached hydrogens (tertiary/aromatic N) is 1. The Morgan fingerprint density at radius 2 is 2.06 bits per heavy atom. The van der Waals surface area contributed by atoms with E-state index in [1.165, 1.54) is 0 Å². The molecule has 1 atom stereocenters. The Hall–Kier alpha value is -1.55. The van der Waals surface area contributed by atoms with Crippen LogP contribution >= 0.6 is 0 Å². The number of carbonyl (C=O) groups is 1. The fraction of sp³-hybridized carbons (Fsp3) is 0.462. The van der Waals surface area contributed by atoms with Gasteiger partial charge in [0.05, 0.1) is 6.10 Å². The van der Waals surface area contributed by atoms with Crippen molar-refractivity contribution in [2.24, 2.45) is 0 Å². The molecule has 2 N–H and O–H groups in total. The van der Waals surface area contributed by atoms with Gasteiger partial charge >= 0.3 is 0 Å². The molecule has 0 radical (unpaired) electrons. The van der Waals surface area contributed by atoms with Crippen molar-refractivity contribution in [1.29, 1.82) is 0 Å². The van der Waals surface area contributed by atoms with Gasteiger partial charge in [-0.05, 0) is 19.4 Å². The zero-order valence-electron chi connectivity index (χ0n) is 10.3. The highest BCUT2D eigenvalue weighted by Crippen LogP contribution is 2.17. The van der Waals surface area contributed by atoms with Crippen LogP contribution in [-0.2, 0) is 11.3 Å². The first kappa shape index (κ1) is 13.5. The van der Waals surface area contributed by atoms with Crippen LogP contribution in [0.2, 0.25) is 0 Å². The lowest BCUT2D eigenvalue weighted by molar-refractivity contribution is -0.131. The van der Waals surface area contributed by atoms with E-state index >= 15 is 0 Å². The van der Waals surface area contributed by atoms with Crippen LogP contribution in [0.5, 0.6) is 5.75 Å². The minimum Gasteiger partial charge on any atom is -0.508 e. The predicted molar refractivity (Wildman–Crippen MR) is 65.5 cm³/mol. The van der Waals surface area contributed by atoms with Gasteiger partial charge < -0.3 is 15.1 Å². The molecular weight excluding hydrogens is 218 g/mol. The Morgan fingerprint density at radius 1 is 1.41 bits per heavy atom. The Balaban J connectivity index is 2.51. The fourth-order valence-corrected chi connectivity index (χ4v) is 1.51. The molecule has 0 saturated carbocycles. The highest BCUT2D eigenvalue weighted by Gasteiger charge is 2.11. The molecule has 1 aromatic carbocycles. The Kier molecular flexibility index (Phi) is 4.97. The molecule has 0 aromatic heterocycles. The van der Waals surface area contributed by atoms with Gasteiger partial charge in [0.15, 0.2) is 0 Å². The van der Waals surface area contributed by atoms with E-state index in [1.54, 1.807) is 37.1 Å². The van der Waals surface area contributed by atoms with Gasteiger partial charge in [0.25, 0.3) is 0 Å². The number of amides is 1. The van der Waals surface area contributed by atoms with E-state index in [1.807, 2.05) is 6.07 Å². The second kappa shape index (κ2) is 6.25. The molecule has 0 aliphatic rings.